The van der Waals surface area contributed by atoms with Gasteiger partial charge < -0.3 is 24.1 Å². The maximum Gasteiger partial charge on any atom is 0.412 e. The van der Waals surface area contributed by atoms with Crippen LogP contribution in [0, 0.1) is 5.82 Å². The van der Waals surface area contributed by atoms with Crippen LogP contribution in [0.5, 0.6) is 17.2 Å². The minimum atomic E-state index is -1.21. The van der Waals surface area contributed by atoms with Gasteiger partial charge in [0.25, 0.3) is 5.91 Å². The van der Waals surface area contributed by atoms with Crippen LogP contribution < -0.4 is 20.3 Å². The van der Waals surface area contributed by atoms with Gasteiger partial charge in [0.2, 0.25) is 6.79 Å². The van der Waals surface area contributed by atoms with E-state index >= 15 is 0 Å². The molecular weight excluding hydrogens is 415 g/mol. The number of rotatable bonds is 7. The van der Waals surface area contributed by atoms with Crippen LogP contribution in [-0.2, 0) is 14.3 Å². The number of fused-ring (bicyclic) bond motifs is 1. The molecule has 31 heavy (non-hydrogen) atoms. The number of carbonyl (C=O) groups is 2. The van der Waals surface area contributed by atoms with E-state index in [9.17, 15) is 19.1 Å². The summed E-state index contributed by atoms with van der Waals surface area (Å²) in [4.78, 5) is 23.8. The number of amides is 2. The van der Waals surface area contributed by atoms with E-state index in [-0.39, 0.29) is 12.4 Å². The van der Waals surface area contributed by atoms with E-state index in [1.54, 1.807) is 12.1 Å². The molecule has 4 N–H and O–H groups in total. The van der Waals surface area contributed by atoms with Gasteiger partial charge in [-0.3, -0.25) is 15.3 Å². The summed E-state index contributed by atoms with van der Waals surface area (Å²) >= 11 is 0. The Kier molecular flexibility index (Phi) is 6.90. The van der Waals surface area contributed by atoms with E-state index < -0.39 is 35.8 Å². The van der Waals surface area contributed by atoms with Crippen LogP contribution in [0.25, 0.3) is 0 Å². The van der Waals surface area contributed by atoms with Crippen molar-refractivity contribution < 1.29 is 43.2 Å². The molecule has 2 atom stereocenters. The van der Waals surface area contributed by atoms with Gasteiger partial charge in [-0.1, -0.05) is 6.07 Å². The zero-order valence-electron chi connectivity index (χ0n) is 16.2. The SMILES string of the molecule is CO[C@H](/C=C/C(=O)NO)[C@H](OC(=O)Nc1ccc2c(c1)OCO2)c1ccc(O)c(F)c1. The highest BCUT2D eigenvalue weighted by molar-refractivity contribution is 5.87. The number of hydrogen-bond acceptors (Lipinski definition) is 8. The van der Waals surface area contributed by atoms with Gasteiger partial charge in [0.15, 0.2) is 29.2 Å². The summed E-state index contributed by atoms with van der Waals surface area (Å²) in [5.74, 6) is -1.39. The van der Waals surface area contributed by atoms with Crippen molar-refractivity contribution >= 4 is 17.7 Å². The number of aromatic hydroxyl groups is 1. The molecule has 1 aliphatic rings. The second kappa shape index (κ2) is 9.78. The number of halogens is 1. The Morgan fingerprint density at radius 3 is 2.68 bits per heavy atom. The largest absolute Gasteiger partial charge is 0.505 e. The molecule has 1 aliphatic heterocycles. The standard InChI is InChI=1S/C20H19FN2O8/c1-28-16(6-7-18(25)23-27)19(11-2-4-14(24)13(21)8-11)31-20(26)22-12-3-5-15-17(9-12)30-10-29-15/h2-9,16,19,24,27H,10H2,1H3,(H,22,26)(H,23,25)/b7-6+/t16-,19-/m1/s1. The molecule has 0 unspecified atom stereocenters. The molecule has 1 heterocycles. The van der Waals surface area contributed by atoms with Crippen molar-refractivity contribution in [1.82, 2.24) is 5.48 Å². The minimum Gasteiger partial charge on any atom is -0.505 e. The number of hydroxylamine groups is 1. The minimum absolute atomic E-state index is 0.0704. The molecule has 0 radical (unpaired) electrons. The summed E-state index contributed by atoms with van der Waals surface area (Å²) in [6, 6.07) is 8.12. The summed E-state index contributed by atoms with van der Waals surface area (Å²) in [6.45, 7) is 0.0704. The normalized spacial score (nSPS) is 14.2. The third-order valence-corrected chi connectivity index (χ3v) is 4.27. The first kappa shape index (κ1) is 21.9. The van der Waals surface area contributed by atoms with Gasteiger partial charge >= 0.3 is 6.09 Å². The number of phenols is 1. The molecular formula is C20H19FN2O8. The van der Waals surface area contributed by atoms with Crippen LogP contribution >= 0.6 is 0 Å². The summed E-state index contributed by atoms with van der Waals surface area (Å²) in [5, 5.41) is 20.6. The maximum absolute atomic E-state index is 13.9. The summed E-state index contributed by atoms with van der Waals surface area (Å²) < 4.78 is 35.1. The van der Waals surface area contributed by atoms with Crippen LogP contribution in [0.4, 0.5) is 14.9 Å². The average Bonchev–Trinajstić information content (AvgIpc) is 3.23. The Hall–Kier alpha value is -3.83. The quantitative estimate of drug-likeness (QED) is 0.297. The number of nitrogens with one attached hydrogen (secondary N) is 2. The Balaban J connectivity index is 1.82. The van der Waals surface area contributed by atoms with Crippen LogP contribution in [0.15, 0.2) is 48.6 Å². The van der Waals surface area contributed by atoms with Crippen molar-refractivity contribution in [2.45, 2.75) is 12.2 Å². The number of benzene rings is 2. The molecule has 0 aliphatic carbocycles. The number of anilines is 1. The fraction of sp³-hybridized carbons (Fsp3) is 0.200. The van der Waals surface area contributed by atoms with E-state index in [1.165, 1.54) is 30.8 Å². The van der Waals surface area contributed by atoms with Gasteiger partial charge in [-0.15, -0.1) is 0 Å². The van der Waals surface area contributed by atoms with Gasteiger partial charge in [-0.25, -0.2) is 14.7 Å². The lowest BCUT2D eigenvalue weighted by Crippen LogP contribution is -2.27. The lowest BCUT2D eigenvalue weighted by molar-refractivity contribution is -0.124. The van der Waals surface area contributed by atoms with Crippen molar-refractivity contribution in [2.75, 3.05) is 19.2 Å². The van der Waals surface area contributed by atoms with Crippen molar-refractivity contribution in [2.24, 2.45) is 0 Å². The van der Waals surface area contributed by atoms with Crippen molar-refractivity contribution in [3.8, 4) is 17.2 Å². The Bertz CT molecular complexity index is 997. The third kappa shape index (κ3) is 5.41. The predicted molar refractivity (Wildman–Crippen MR) is 103 cm³/mol. The number of ether oxygens (including phenoxy) is 4. The highest BCUT2D eigenvalue weighted by atomic mass is 19.1. The topological polar surface area (TPSA) is 136 Å². The number of carbonyl (C=O) groups excluding carboxylic acids is 2. The summed E-state index contributed by atoms with van der Waals surface area (Å²) in [6.07, 6.45) is -0.980. The van der Waals surface area contributed by atoms with Crippen LogP contribution in [0.2, 0.25) is 0 Å². The molecule has 10 nitrogen and oxygen atoms in total. The second-order valence-electron chi connectivity index (χ2n) is 6.27. The Morgan fingerprint density at radius 1 is 1.19 bits per heavy atom. The highest BCUT2D eigenvalue weighted by Gasteiger charge is 2.27. The molecule has 2 aromatic carbocycles. The highest BCUT2D eigenvalue weighted by Crippen LogP contribution is 2.34. The molecule has 0 saturated carbocycles. The smallest absolute Gasteiger partial charge is 0.412 e. The zero-order valence-corrected chi connectivity index (χ0v) is 16.2. The summed E-state index contributed by atoms with van der Waals surface area (Å²) in [5.41, 5.74) is 1.92. The average molecular weight is 434 g/mol. The molecule has 0 aromatic heterocycles. The lowest BCUT2D eigenvalue weighted by atomic mass is 10.0. The molecule has 0 saturated heterocycles. The first-order valence-corrected chi connectivity index (χ1v) is 8.92. The first-order valence-electron chi connectivity index (χ1n) is 8.92. The Morgan fingerprint density at radius 2 is 1.97 bits per heavy atom. The molecule has 164 valence electrons. The molecule has 11 heteroatoms. The van der Waals surface area contributed by atoms with Crippen LogP contribution in [-0.4, -0.2) is 42.3 Å². The fourth-order valence-electron chi connectivity index (χ4n) is 2.78. The van der Waals surface area contributed by atoms with Gasteiger partial charge in [0, 0.05) is 24.9 Å². The van der Waals surface area contributed by atoms with Crippen molar-refractivity contribution in [1.29, 1.82) is 0 Å². The van der Waals surface area contributed by atoms with Gasteiger partial charge in [-0.05, 0) is 35.9 Å². The number of methoxy groups -OCH3 is 1. The molecule has 0 fully saturated rings. The van der Waals surface area contributed by atoms with E-state index in [2.05, 4.69) is 5.32 Å². The molecule has 2 amide bonds. The predicted octanol–water partition coefficient (Wildman–Crippen LogP) is 2.63. The van der Waals surface area contributed by atoms with E-state index in [4.69, 9.17) is 24.2 Å². The maximum atomic E-state index is 13.9. The first-order chi connectivity index (χ1) is 14.9. The van der Waals surface area contributed by atoms with E-state index in [0.29, 0.717) is 17.2 Å². The van der Waals surface area contributed by atoms with Crippen LogP contribution in [0.3, 0.4) is 0 Å². The lowest BCUT2D eigenvalue weighted by Gasteiger charge is -2.24. The zero-order chi connectivity index (χ0) is 22.4. The van der Waals surface area contributed by atoms with Gasteiger partial charge in [0.05, 0.1) is 0 Å². The molecule has 0 bridgehead atoms. The molecule has 0 spiro atoms. The number of phenolic OH excluding ortho intramolecular Hbond substituents is 1. The molecule has 2 aromatic rings. The monoisotopic (exact) mass is 434 g/mol. The Labute approximate surface area is 175 Å². The van der Waals surface area contributed by atoms with E-state index in [1.807, 2.05) is 0 Å². The fourth-order valence-corrected chi connectivity index (χ4v) is 2.78. The van der Waals surface area contributed by atoms with Crippen molar-refractivity contribution in [3.05, 3.63) is 59.9 Å². The van der Waals surface area contributed by atoms with Gasteiger partial charge in [-0.2, -0.15) is 0 Å². The second-order valence-corrected chi connectivity index (χ2v) is 6.27. The van der Waals surface area contributed by atoms with Gasteiger partial charge in [0.1, 0.15) is 6.10 Å². The molecule has 3 rings (SSSR count). The third-order valence-electron chi connectivity index (χ3n) is 4.27. The van der Waals surface area contributed by atoms with E-state index in [0.717, 1.165) is 18.2 Å². The summed E-state index contributed by atoms with van der Waals surface area (Å²) in [7, 11) is 1.29. The van der Waals surface area contributed by atoms with Crippen LogP contribution in [0.1, 0.15) is 11.7 Å². The van der Waals surface area contributed by atoms with Crippen molar-refractivity contribution in [3.63, 3.8) is 0 Å². The number of hydrogen-bond donors (Lipinski definition) is 4.